The molecule has 1 saturated heterocycles. The number of hydrogen-bond donors (Lipinski definition) is 2. The minimum absolute atomic E-state index is 0.0559. The molecule has 3 unspecified atom stereocenters. The molecule has 3 atom stereocenters. The third kappa shape index (κ3) is 2.62. The van der Waals surface area contributed by atoms with Gasteiger partial charge in [0, 0.05) is 31.0 Å². The van der Waals surface area contributed by atoms with Gasteiger partial charge in [-0.1, -0.05) is 12.2 Å². The number of fused-ring (bicyclic) bond motifs is 2. The number of aromatic nitrogens is 2. The molecule has 2 aromatic rings. The second-order valence-electron chi connectivity index (χ2n) is 8.10. The minimum Gasteiger partial charge on any atom is -0.492 e. The zero-order valence-electron chi connectivity index (χ0n) is 16.1. The van der Waals surface area contributed by atoms with Crippen molar-refractivity contribution in [1.82, 2.24) is 9.55 Å². The highest BCUT2D eigenvalue weighted by Gasteiger charge is 2.42. The highest BCUT2D eigenvalue weighted by molar-refractivity contribution is 5.94. The number of H-pyrrole nitrogens is 1. The number of hydrogen-bond acceptors (Lipinski definition) is 5. The van der Waals surface area contributed by atoms with Crippen LogP contribution in [0.25, 0.3) is 10.9 Å². The summed E-state index contributed by atoms with van der Waals surface area (Å²) in [5.74, 6) is -1.59. The zero-order chi connectivity index (χ0) is 21.3. The van der Waals surface area contributed by atoms with Crippen molar-refractivity contribution in [2.45, 2.75) is 31.4 Å². The van der Waals surface area contributed by atoms with Crippen LogP contribution in [0.2, 0.25) is 0 Å². The Kier molecular flexibility index (Phi) is 4.25. The van der Waals surface area contributed by atoms with E-state index in [1.165, 1.54) is 11.7 Å². The van der Waals surface area contributed by atoms with Gasteiger partial charge < -0.3 is 14.7 Å². The van der Waals surface area contributed by atoms with E-state index in [-0.39, 0.29) is 41.4 Å². The molecule has 10 heteroatoms. The molecule has 0 amide bonds. The molecule has 0 bridgehead atoms. The van der Waals surface area contributed by atoms with E-state index >= 15 is 4.39 Å². The Morgan fingerprint density at radius 1 is 1.23 bits per heavy atom. The van der Waals surface area contributed by atoms with Gasteiger partial charge in [-0.25, -0.2) is 18.0 Å². The lowest BCUT2D eigenvalue weighted by Gasteiger charge is -2.26. The number of methoxy groups -OCH3 is 1. The van der Waals surface area contributed by atoms with Crippen molar-refractivity contribution in [2.75, 3.05) is 25.1 Å². The number of nitrogens with zero attached hydrogens (tertiary/aromatic N) is 2. The summed E-state index contributed by atoms with van der Waals surface area (Å²) in [5.41, 5.74) is -3.14. The molecule has 1 aromatic heterocycles. The van der Waals surface area contributed by atoms with Crippen LogP contribution in [0.4, 0.5) is 18.9 Å². The molecule has 1 aliphatic heterocycles. The summed E-state index contributed by atoms with van der Waals surface area (Å²) >= 11 is 0. The Morgan fingerprint density at radius 3 is 2.57 bits per heavy atom. The van der Waals surface area contributed by atoms with Crippen molar-refractivity contribution >= 4 is 16.6 Å². The Morgan fingerprint density at radius 2 is 1.97 bits per heavy atom. The Hall–Kier alpha value is -2.75. The maximum Gasteiger partial charge on any atom is 0.329 e. The molecule has 1 saturated carbocycles. The van der Waals surface area contributed by atoms with Crippen LogP contribution in [0.5, 0.6) is 5.75 Å². The summed E-state index contributed by atoms with van der Waals surface area (Å²) in [6, 6.07) is -0.266. The monoisotopic (exact) mass is 423 g/mol. The van der Waals surface area contributed by atoms with Crippen molar-refractivity contribution in [3.05, 3.63) is 44.4 Å². The maximum absolute atomic E-state index is 15.5. The number of aromatic amines is 1. The topological polar surface area (TPSA) is 87.6 Å². The SMILES string of the molecule is COc1c(N2CC3C=CC(O)C3C2)c(F)c(C(F)F)c2c(=O)[nH]c(=O)n(C3CC3)c12. The van der Waals surface area contributed by atoms with Crippen LogP contribution < -0.4 is 20.9 Å². The summed E-state index contributed by atoms with van der Waals surface area (Å²) in [5, 5.41) is 9.56. The summed E-state index contributed by atoms with van der Waals surface area (Å²) in [4.78, 5) is 28.6. The van der Waals surface area contributed by atoms with Gasteiger partial charge in [0.25, 0.3) is 12.0 Å². The van der Waals surface area contributed by atoms with E-state index in [0.29, 0.717) is 19.4 Å². The molecule has 160 valence electrons. The van der Waals surface area contributed by atoms with Crippen LogP contribution >= 0.6 is 0 Å². The number of rotatable bonds is 4. The lowest BCUT2D eigenvalue weighted by atomic mass is 9.98. The molecule has 0 spiro atoms. The second kappa shape index (κ2) is 6.63. The fourth-order valence-corrected chi connectivity index (χ4v) is 4.83. The van der Waals surface area contributed by atoms with Crippen LogP contribution in [0, 0.1) is 17.7 Å². The molecule has 2 fully saturated rings. The molecule has 7 nitrogen and oxygen atoms in total. The standard InChI is InChI=1S/C20H20F3N3O4/c1-30-17-15-13(19(28)24-20(29)26(15)9-3-4-9)12(18(22)23)14(21)16(17)25-6-8-2-5-11(27)10(8)7-25/h2,5,8-11,18,27H,3-4,6-7H2,1H3,(H,24,28,29). The van der Waals surface area contributed by atoms with Crippen LogP contribution in [0.3, 0.4) is 0 Å². The van der Waals surface area contributed by atoms with Gasteiger partial charge >= 0.3 is 5.69 Å². The van der Waals surface area contributed by atoms with Crippen LogP contribution in [-0.2, 0) is 0 Å². The number of alkyl halides is 2. The maximum atomic E-state index is 15.5. The first kappa shape index (κ1) is 19.2. The van der Waals surface area contributed by atoms with E-state index in [2.05, 4.69) is 0 Å². The normalized spacial score (nSPS) is 25.5. The Bertz CT molecular complexity index is 1180. The largest absolute Gasteiger partial charge is 0.492 e. The van der Waals surface area contributed by atoms with Crippen molar-refractivity contribution in [3.63, 3.8) is 0 Å². The lowest BCUT2D eigenvalue weighted by Crippen LogP contribution is -2.32. The minimum atomic E-state index is -3.27. The predicted octanol–water partition coefficient (Wildman–Crippen LogP) is 2.09. The van der Waals surface area contributed by atoms with Gasteiger partial charge in [0.2, 0.25) is 0 Å². The van der Waals surface area contributed by atoms with Gasteiger partial charge in [-0.2, -0.15) is 0 Å². The molecule has 0 radical (unpaired) electrons. The average Bonchev–Trinajstić information content (AvgIpc) is 3.34. The number of aliphatic hydroxyl groups excluding tert-OH is 1. The predicted molar refractivity (Wildman–Crippen MR) is 103 cm³/mol. The van der Waals surface area contributed by atoms with Gasteiger partial charge in [0.05, 0.1) is 24.2 Å². The molecule has 3 aliphatic rings. The third-order valence-corrected chi connectivity index (χ3v) is 6.34. The number of halogens is 3. The molecule has 30 heavy (non-hydrogen) atoms. The molecular weight excluding hydrogens is 403 g/mol. The number of ether oxygens (including phenoxy) is 1. The zero-order valence-corrected chi connectivity index (χ0v) is 16.1. The first-order chi connectivity index (χ1) is 14.3. The first-order valence-corrected chi connectivity index (χ1v) is 9.80. The van der Waals surface area contributed by atoms with Crippen LogP contribution in [0.15, 0.2) is 21.7 Å². The third-order valence-electron chi connectivity index (χ3n) is 6.34. The molecule has 5 rings (SSSR count). The second-order valence-corrected chi connectivity index (χ2v) is 8.10. The number of nitrogens with one attached hydrogen (secondary N) is 1. The van der Waals surface area contributed by atoms with E-state index in [1.54, 1.807) is 11.0 Å². The summed E-state index contributed by atoms with van der Waals surface area (Å²) in [6.45, 7) is 0.535. The van der Waals surface area contributed by atoms with Crippen LogP contribution in [-0.4, -0.2) is 41.0 Å². The van der Waals surface area contributed by atoms with Crippen LogP contribution in [0.1, 0.15) is 30.9 Å². The van der Waals surface area contributed by atoms with Gasteiger partial charge in [-0.3, -0.25) is 14.3 Å². The molecule has 2 N–H and O–H groups in total. The molecule has 1 aromatic carbocycles. The first-order valence-electron chi connectivity index (χ1n) is 9.80. The van der Waals surface area contributed by atoms with E-state index in [1.807, 2.05) is 11.1 Å². The average molecular weight is 423 g/mol. The van der Waals surface area contributed by atoms with Crippen molar-refractivity contribution < 1.29 is 23.0 Å². The number of anilines is 1. The van der Waals surface area contributed by atoms with E-state index in [9.17, 15) is 23.5 Å². The smallest absolute Gasteiger partial charge is 0.329 e. The van der Waals surface area contributed by atoms with Crippen molar-refractivity contribution in [2.24, 2.45) is 11.8 Å². The highest BCUT2D eigenvalue weighted by atomic mass is 19.3. The van der Waals surface area contributed by atoms with Crippen molar-refractivity contribution in [3.8, 4) is 5.75 Å². The Labute approximate surface area is 168 Å². The van der Waals surface area contributed by atoms with E-state index in [0.717, 1.165) is 0 Å². The Balaban J connectivity index is 1.84. The van der Waals surface area contributed by atoms with Gasteiger partial charge in [0.15, 0.2) is 11.6 Å². The van der Waals surface area contributed by atoms with Gasteiger partial charge in [-0.15, -0.1) is 0 Å². The molecule has 2 heterocycles. The molecular formula is C20H20F3N3O4. The van der Waals surface area contributed by atoms with Gasteiger partial charge in [-0.05, 0) is 12.8 Å². The number of aliphatic hydroxyl groups is 1. The van der Waals surface area contributed by atoms with E-state index < -0.39 is 40.5 Å². The summed E-state index contributed by atoms with van der Waals surface area (Å²) < 4.78 is 50.2. The molecule has 2 aliphatic carbocycles. The summed E-state index contributed by atoms with van der Waals surface area (Å²) in [7, 11) is 1.26. The summed E-state index contributed by atoms with van der Waals surface area (Å²) in [6.07, 6.45) is 0.833. The quantitative estimate of drug-likeness (QED) is 0.736. The number of benzene rings is 1. The van der Waals surface area contributed by atoms with Gasteiger partial charge in [0.1, 0.15) is 11.2 Å². The van der Waals surface area contributed by atoms with E-state index in [4.69, 9.17) is 4.74 Å². The fraction of sp³-hybridized carbons (Fsp3) is 0.500. The fourth-order valence-electron chi connectivity index (χ4n) is 4.83. The van der Waals surface area contributed by atoms with Crippen molar-refractivity contribution in [1.29, 1.82) is 0 Å². The highest BCUT2D eigenvalue weighted by Crippen LogP contribution is 2.48. The lowest BCUT2D eigenvalue weighted by molar-refractivity contribution is 0.148.